The number of aromatic amines is 1. The normalized spacial score (nSPS) is 15.4. The van der Waals surface area contributed by atoms with Gasteiger partial charge in [-0.05, 0) is 36.4 Å². The molecule has 2 heterocycles. The molecule has 1 saturated heterocycles. The van der Waals surface area contributed by atoms with Gasteiger partial charge >= 0.3 is 0 Å². The van der Waals surface area contributed by atoms with Crippen LogP contribution in [-0.2, 0) is 10.0 Å². The number of sulfonamides is 1. The van der Waals surface area contributed by atoms with Crippen molar-refractivity contribution in [3.63, 3.8) is 0 Å². The van der Waals surface area contributed by atoms with Gasteiger partial charge in [0, 0.05) is 43.6 Å². The van der Waals surface area contributed by atoms with Crippen LogP contribution in [-0.4, -0.2) is 68.4 Å². The highest BCUT2D eigenvalue weighted by Gasteiger charge is 2.23. The molecule has 2 aromatic carbocycles. The Balaban J connectivity index is 1.24. The lowest BCUT2D eigenvalue weighted by Gasteiger charge is -2.34. The first-order valence-corrected chi connectivity index (χ1v) is 11.3. The third-order valence-electron chi connectivity index (χ3n) is 5.25. The number of hydrogen-bond acceptors (Lipinski definition) is 5. The zero-order chi connectivity index (χ0) is 21.1. The summed E-state index contributed by atoms with van der Waals surface area (Å²) in [5.74, 6) is 0.618. The van der Waals surface area contributed by atoms with E-state index in [-0.39, 0.29) is 10.8 Å². The van der Waals surface area contributed by atoms with Gasteiger partial charge in [0.25, 0.3) is 5.91 Å². The van der Waals surface area contributed by atoms with E-state index in [1.165, 1.54) is 12.1 Å². The van der Waals surface area contributed by atoms with Gasteiger partial charge in [-0.1, -0.05) is 18.2 Å². The molecule has 1 amide bonds. The van der Waals surface area contributed by atoms with E-state index in [9.17, 15) is 13.2 Å². The highest BCUT2D eigenvalue weighted by Crippen LogP contribution is 2.17. The maximum atomic E-state index is 12.8. The smallest absolute Gasteiger partial charge is 0.270 e. The minimum absolute atomic E-state index is 0.0250. The van der Waals surface area contributed by atoms with Crippen molar-refractivity contribution in [2.45, 2.75) is 4.90 Å². The molecule has 0 unspecified atom stereocenters. The first-order valence-electron chi connectivity index (χ1n) is 9.75. The Morgan fingerprint density at radius 1 is 1.03 bits per heavy atom. The van der Waals surface area contributed by atoms with E-state index in [0.29, 0.717) is 31.1 Å². The molecule has 0 bridgehead atoms. The van der Waals surface area contributed by atoms with Crippen molar-refractivity contribution >= 4 is 26.8 Å². The Labute approximate surface area is 175 Å². The molecular weight excluding hydrogens is 404 g/mol. The summed E-state index contributed by atoms with van der Waals surface area (Å²) in [5, 5.41) is 6.12. The SMILES string of the molecule is NS(=O)(=O)c1ccc(OCCN2CCN(C(=O)c3cc4ccccc4[nH]3)CC2)cc1. The number of nitrogens with two attached hydrogens (primary N) is 1. The van der Waals surface area contributed by atoms with Crippen LogP contribution < -0.4 is 9.88 Å². The topological polar surface area (TPSA) is 109 Å². The number of nitrogens with zero attached hydrogens (tertiary/aromatic N) is 2. The third kappa shape index (κ3) is 4.64. The molecule has 0 saturated carbocycles. The summed E-state index contributed by atoms with van der Waals surface area (Å²) in [6.07, 6.45) is 0. The predicted octanol–water partition coefficient (Wildman–Crippen LogP) is 1.65. The molecule has 9 heteroatoms. The van der Waals surface area contributed by atoms with Crippen LogP contribution in [0.1, 0.15) is 10.5 Å². The fourth-order valence-electron chi connectivity index (χ4n) is 3.55. The van der Waals surface area contributed by atoms with Crippen molar-refractivity contribution < 1.29 is 17.9 Å². The summed E-state index contributed by atoms with van der Waals surface area (Å²) >= 11 is 0. The molecule has 0 atom stereocenters. The molecule has 8 nitrogen and oxygen atoms in total. The van der Waals surface area contributed by atoms with E-state index < -0.39 is 10.0 Å². The van der Waals surface area contributed by atoms with E-state index in [2.05, 4.69) is 9.88 Å². The minimum atomic E-state index is -3.70. The first-order chi connectivity index (χ1) is 14.4. The molecule has 1 fully saturated rings. The van der Waals surface area contributed by atoms with Crippen molar-refractivity contribution in [3.05, 3.63) is 60.3 Å². The number of nitrogens with one attached hydrogen (secondary N) is 1. The monoisotopic (exact) mass is 428 g/mol. The highest BCUT2D eigenvalue weighted by molar-refractivity contribution is 7.89. The molecule has 3 aromatic rings. The van der Waals surface area contributed by atoms with Gasteiger partial charge in [-0.2, -0.15) is 0 Å². The Kier molecular flexibility index (Phi) is 5.76. The van der Waals surface area contributed by atoms with Crippen molar-refractivity contribution in [2.24, 2.45) is 5.14 Å². The summed E-state index contributed by atoms with van der Waals surface area (Å²) in [5.41, 5.74) is 1.59. The van der Waals surface area contributed by atoms with Crippen molar-refractivity contribution in [2.75, 3.05) is 39.3 Å². The molecule has 3 N–H and O–H groups in total. The van der Waals surface area contributed by atoms with E-state index >= 15 is 0 Å². The summed E-state index contributed by atoms with van der Waals surface area (Å²) < 4.78 is 28.2. The van der Waals surface area contributed by atoms with Gasteiger partial charge < -0.3 is 14.6 Å². The van der Waals surface area contributed by atoms with Crippen LogP contribution in [0.5, 0.6) is 5.75 Å². The largest absolute Gasteiger partial charge is 0.492 e. The van der Waals surface area contributed by atoms with E-state index in [1.807, 2.05) is 35.2 Å². The average Bonchev–Trinajstić information content (AvgIpc) is 3.18. The number of rotatable bonds is 6. The number of amides is 1. The van der Waals surface area contributed by atoms with Crippen LogP contribution in [0, 0.1) is 0 Å². The van der Waals surface area contributed by atoms with Crippen molar-refractivity contribution in [1.82, 2.24) is 14.8 Å². The molecule has 4 rings (SSSR count). The molecule has 0 radical (unpaired) electrons. The van der Waals surface area contributed by atoms with Gasteiger partial charge in [-0.3, -0.25) is 9.69 Å². The number of benzene rings is 2. The number of carbonyl (C=O) groups is 1. The second kappa shape index (κ2) is 8.47. The maximum Gasteiger partial charge on any atom is 0.270 e. The van der Waals surface area contributed by atoms with Gasteiger partial charge in [0.1, 0.15) is 18.1 Å². The number of carbonyl (C=O) groups excluding carboxylic acids is 1. The predicted molar refractivity (Wildman–Crippen MR) is 114 cm³/mol. The molecular formula is C21H24N4O4S. The standard InChI is InChI=1S/C21H24N4O4S/c22-30(27,28)18-7-5-17(6-8-18)29-14-13-24-9-11-25(12-10-24)21(26)20-15-16-3-1-2-4-19(16)23-20/h1-8,15,23H,9-14H2,(H2,22,27,28). The summed E-state index contributed by atoms with van der Waals surface area (Å²) in [6, 6.07) is 15.8. The Hall–Kier alpha value is -2.88. The lowest BCUT2D eigenvalue weighted by molar-refractivity contribution is 0.0615. The molecule has 1 aliphatic rings. The van der Waals surface area contributed by atoms with Crippen LogP contribution in [0.2, 0.25) is 0 Å². The van der Waals surface area contributed by atoms with Gasteiger partial charge in [0.05, 0.1) is 4.90 Å². The number of piperazine rings is 1. The average molecular weight is 429 g/mol. The number of ether oxygens (including phenoxy) is 1. The van der Waals surface area contributed by atoms with Gasteiger partial charge in [0.2, 0.25) is 10.0 Å². The number of para-hydroxylation sites is 1. The fraction of sp³-hybridized carbons (Fsp3) is 0.286. The molecule has 30 heavy (non-hydrogen) atoms. The Morgan fingerprint density at radius 3 is 2.40 bits per heavy atom. The maximum absolute atomic E-state index is 12.8. The van der Waals surface area contributed by atoms with E-state index in [4.69, 9.17) is 9.88 Å². The number of aromatic nitrogens is 1. The molecule has 1 aliphatic heterocycles. The van der Waals surface area contributed by atoms with Crippen LogP contribution in [0.25, 0.3) is 10.9 Å². The molecule has 158 valence electrons. The molecule has 0 aliphatic carbocycles. The summed E-state index contributed by atoms with van der Waals surface area (Å²) in [6.45, 7) is 4.09. The van der Waals surface area contributed by atoms with Gasteiger partial charge in [0.15, 0.2) is 0 Å². The van der Waals surface area contributed by atoms with Crippen molar-refractivity contribution in [1.29, 1.82) is 0 Å². The lowest BCUT2D eigenvalue weighted by Crippen LogP contribution is -2.49. The summed E-state index contributed by atoms with van der Waals surface area (Å²) in [4.78, 5) is 20.1. The zero-order valence-electron chi connectivity index (χ0n) is 16.5. The van der Waals surface area contributed by atoms with Crippen molar-refractivity contribution in [3.8, 4) is 5.75 Å². The quantitative estimate of drug-likeness (QED) is 0.621. The van der Waals surface area contributed by atoms with Crippen LogP contribution in [0.3, 0.4) is 0 Å². The first kappa shape index (κ1) is 20.4. The number of H-pyrrole nitrogens is 1. The third-order valence-corrected chi connectivity index (χ3v) is 6.18. The lowest BCUT2D eigenvalue weighted by atomic mass is 10.2. The Morgan fingerprint density at radius 2 is 1.73 bits per heavy atom. The van der Waals surface area contributed by atoms with Gasteiger partial charge in [-0.25, -0.2) is 13.6 Å². The van der Waals surface area contributed by atoms with Crippen LogP contribution in [0.15, 0.2) is 59.5 Å². The van der Waals surface area contributed by atoms with E-state index in [1.54, 1.807) is 12.1 Å². The second-order valence-corrected chi connectivity index (χ2v) is 8.83. The van der Waals surface area contributed by atoms with Gasteiger partial charge in [-0.15, -0.1) is 0 Å². The number of primary sulfonamides is 1. The molecule has 1 aromatic heterocycles. The second-order valence-electron chi connectivity index (χ2n) is 7.27. The van der Waals surface area contributed by atoms with E-state index in [0.717, 1.165) is 30.5 Å². The Bertz CT molecular complexity index is 1100. The zero-order valence-corrected chi connectivity index (χ0v) is 17.3. The fourth-order valence-corrected chi connectivity index (χ4v) is 4.07. The minimum Gasteiger partial charge on any atom is -0.492 e. The highest BCUT2D eigenvalue weighted by atomic mass is 32.2. The summed E-state index contributed by atoms with van der Waals surface area (Å²) in [7, 11) is -3.70. The molecule has 0 spiro atoms. The number of hydrogen-bond donors (Lipinski definition) is 2. The number of fused-ring (bicyclic) bond motifs is 1. The van der Waals surface area contributed by atoms with Crippen LogP contribution >= 0.6 is 0 Å². The van der Waals surface area contributed by atoms with Crippen LogP contribution in [0.4, 0.5) is 0 Å².